The molecule has 7 aromatic heterocycles. The van der Waals surface area contributed by atoms with Gasteiger partial charge in [-0.25, -0.2) is 4.98 Å². The monoisotopic (exact) mass is 1210 g/mol. The van der Waals surface area contributed by atoms with Crippen LogP contribution in [-0.2, 0) is 0 Å². The molecule has 1 aliphatic heterocycles. The summed E-state index contributed by atoms with van der Waals surface area (Å²) in [6, 6.07) is 97.9. The first kappa shape index (κ1) is 53.1. The van der Waals surface area contributed by atoms with Gasteiger partial charge in [0, 0.05) is 62.3 Å². The average Bonchev–Trinajstić information content (AvgIpc) is 1.54. The summed E-state index contributed by atoms with van der Waals surface area (Å²) in [5.74, 6) is 1.53. The second-order valence-electron chi connectivity index (χ2n) is 23.9. The lowest BCUT2D eigenvalue weighted by atomic mass is 9.91. The summed E-state index contributed by atoms with van der Waals surface area (Å²) in [6.45, 7) is 0. The number of hydrogen-bond acceptors (Lipinski definition) is 10. The number of nitrogens with one attached hydrogen (secondary N) is 1. The van der Waals surface area contributed by atoms with E-state index in [1.165, 1.54) is 21.9 Å². The average molecular weight is 1210 g/mol. The third-order valence-corrected chi connectivity index (χ3v) is 18.4. The number of hydrogen-bond donors (Lipinski definition) is 1. The SMILES string of the molecule is C1=CC(N(c2ccc(-c3cccc(-c4cc(N(c5ccc(-c6ccc(-c7ccccc7)c7ccccc67)cc5)c5ccc6oc7cccnc7c6c5)cc5c4oc4cccnc45)c3)c(-c3ccccc3)c2)c2ccc3oc4ccccc4c3n2)Nc2c1oc1ccccc21. The Morgan fingerprint density at radius 3 is 1.60 bits per heavy atom. The van der Waals surface area contributed by atoms with Gasteiger partial charge < -0.3 is 32.8 Å². The zero-order valence-corrected chi connectivity index (χ0v) is 50.3. The van der Waals surface area contributed by atoms with Crippen LogP contribution in [0, 0.1) is 0 Å². The maximum absolute atomic E-state index is 6.95. The van der Waals surface area contributed by atoms with Crippen LogP contribution in [0.5, 0.6) is 0 Å². The molecule has 8 heterocycles. The van der Waals surface area contributed by atoms with Crippen LogP contribution in [0.3, 0.4) is 0 Å². The zero-order chi connectivity index (χ0) is 61.8. The Hall–Kier alpha value is -12.8. The van der Waals surface area contributed by atoms with Crippen molar-refractivity contribution in [3.8, 4) is 55.6 Å². The van der Waals surface area contributed by atoms with Gasteiger partial charge in [0.25, 0.3) is 0 Å². The molecule has 0 fully saturated rings. The van der Waals surface area contributed by atoms with Gasteiger partial charge in [0.2, 0.25) is 0 Å². The molecule has 0 saturated carbocycles. The normalized spacial score (nSPS) is 13.0. The molecule has 10 nitrogen and oxygen atoms in total. The molecule has 1 atom stereocenters. The van der Waals surface area contributed by atoms with Crippen molar-refractivity contribution in [3.63, 3.8) is 0 Å². The number of pyridine rings is 3. The van der Waals surface area contributed by atoms with Crippen LogP contribution in [-0.4, -0.2) is 21.1 Å². The number of aromatic nitrogens is 3. The minimum Gasteiger partial charge on any atom is -0.454 e. The molecule has 1 aliphatic rings. The van der Waals surface area contributed by atoms with Gasteiger partial charge in [-0.05, 0) is 194 Å². The highest BCUT2D eigenvalue weighted by Gasteiger charge is 2.29. The molecule has 18 aromatic rings. The Bertz CT molecular complexity index is 6060. The highest BCUT2D eigenvalue weighted by molar-refractivity contribution is 6.12. The van der Waals surface area contributed by atoms with Gasteiger partial charge >= 0.3 is 0 Å². The quantitative estimate of drug-likeness (QED) is 0.134. The zero-order valence-electron chi connectivity index (χ0n) is 50.3. The van der Waals surface area contributed by atoms with E-state index >= 15 is 0 Å². The summed E-state index contributed by atoms with van der Waals surface area (Å²) in [4.78, 5) is 19.8. The first-order valence-corrected chi connectivity index (χ1v) is 31.5. The van der Waals surface area contributed by atoms with Gasteiger partial charge in [0.05, 0.1) is 5.69 Å². The smallest absolute Gasteiger partial charge is 0.154 e. The van der Waals surface area contributed by atoms with Crippen molar-refractivity contribution in [2.45, 2.75) is 6.17 Å². The van der Waals surface area contributed by atoms with Crippen molar-refractivity contribution in [2.24, 2.45) is 0 Å². The van der Waals surface area contributed by atoms with E-state index < -0.39 is 0 Å². The van der Waals surface area contributed by atoms with Crippen LogP contribution in [0.25, 0.3) is 150 Å². The van der Waals surface area contributed by atoms with Crippen LogP contribution >= 0.6 is 0 Å². The number of para-hydroxylation sites is 2. The van der Waals surface area contributed by atoms with Crippen molar-refractivity contribution >= 4 is 128 Å². The Labute approximate surface area is 538 Å². The molecule has 1 unspecified atom stereocenters. The highest BCUT2D eigenvalue weighted by Crippen LogP contribution is 2.48. The van der Waals surface area contributed by atoms with Crippen LogP contribution in [0.1, 0.15) is 5.76 Å². The van der Waals surface area contributed by atoms with E-state index in [9.17, 15) is 0 Å². The fraction of sp³-hybridized carbons (Fsp3) is 0.0119. The highest BCUT2D eigenvalue weighted by atomic mass is 16.3. The molecule has 0 amide bonds. The van der Waals surface area contributed by atoms with Crippen molar-refractivity contribution < 1.29 is 17.7 Å². The summed E-state index contributed by atoms with van der Waals surface area (Å²) < 4.78 is 26.0. The van der Waals surface area contributed by atoms with E-state index in [1.807, 2.05) is 85.2 Å². The van der Waals surface area contributed by atoms with Gasteiger partial charge in [-0.3, -0.25) is 9.97 Å². The molecule has 0 bridgehead atoms. The Balaban J connectivity index is 0.769. The van der Waals surface area contributed by atoms with Crippen molar-refractivity contribution in [2.75, 3.05) is 15.1 Å². The number of furan rings is 4. The van der Waals surface area contributed by atoms with Gasteiger partial charge in [0.1, 0.15) is 50.9 Å². The molecular formula is C84H52N6O4. The number of benzene rings is 11. The first-order valence-electron chi connectivity index (χ1n) is 31.5. The van der Waals surface area contributed by atoms with Crippen LogP contribution in [0.4, 0.5) is 34.3 Å². The Morgan fingerprint density at radius 1 is 0.319 bits per heavy atom. The lowest BCUT2D eigenvalue weighted by Crippen LogP contribution is -2.37. The van der Waals surface area contributed by atoms with Crippen molar-refractivity contribution in [1.82, 2.24) is 15.0 Å². The number of nitrogens with zero attached hydrogens (tertiary/aromatic N) is 5. The van der Waals surface area contributed by atoms with Crippen LogP contribution in [0.15, 0.2) is 315 Å². The third kappa shape index (κ3) is 8.76. The van der Waals surface area contributed by atoms with Crippen molar-refractivity contribution in [3.05, 3.63) is 303 Å². The molecule has 0 radical (unpaired) electrons. The van der Waals surface area contributed by atoms with E-state index in [2.05, 4.69) is 234 Å². The van der Waals surface area contributed by atoms with Gasteiger partial charge in [0.15, 0.2) is 22.5 Å². The Morgan fingerprint density at radius 2 is 0.851 bits per heavy atom. The molecule has 10 heteroatoms. The minimum atomic E-state index is -0.365. The van der Waals surface area contributed by atoms with Gasteiger partial charge in [-0.15, -0.1) is 0 Å². The van der Waals surface area contributed by atoms with E-state index in [4.69, 9.17) is 32.6 Å². The molecule has 1 N–H and O–H groups in total. The molecule has 442 valence electrons. The summed E-state index contributed by atoms with van der Waals surface area (Å²) in [6.07, 6.45) is 7.50. The molecular weight excluding hydrogens is 1160 g/mol. The lowest BCUT2D eigenvalue weighted by Gasteiger charge is -2.34. The maximum atomic E-state index is 6.95. The molecule has 94 heavy (non-hydrogen) atoms. The second kappa shape index (κ2) is 21.4. The number of rotatable bonds is 11. The Kier molecular flexibility index (Phi) is 12.1. The van der Waals surface area contributed by atoms with Gasteiger partial charge in [-0.1, -0.05) is 158 Å². The van der Waals surface area contributed by atoms with Gasteiger partial charge in [-0.2, -0.15) is 0 Å². The summed E-state index contributed by atoms with van der Waals surface area (Å²) in [5, 5.41) is 10.0. The summed E-state index contributed by atoms with van der Waals surface area (Å²) in [5.41, 5.74) is 23.0. The largest absolute Gasteiger partial charge is 0.454 e. The van der Waals surface area contributed by atoms with Crippen molar-refractivity contribution in [1.29, 1.82) is 0 Å². The van der Waals surface area contributed by atoms with E-state index in [0.717, 1.165) is 156 Å². The predicted octanol–water partition coefficient (Wildman–Crippen LogP) is 22.9. The minimum absolute atomic E-state index is 0.365. The fourth-order valence-electron chi connectivity index (χ4n) is 14.1. The molecule has 19 rings (SSSR count). The van der Waals surface area contributed by atoms with E-state index in [-0.39, 0.29) is 6.17 Å². The topological polar surface area (TPSA) is 110 Å². The molecule has 0 saturated heterocycles. The maximum Gasteiger partial charge on any atom is 0.154 e. The summed E-state index contributed by atoms with van der Waals surface area (Å²) >= 11 is 0. The summed E-state index contributed by atoms with van der Waals surface area (Å²) in [7, 11) is 0. The van der Waals surface area contributed by atoms with Crippen LogP contribution in [0.2, 0.25) is 0 Å². The lowest BCUT2D eigenvalue weighted by molar-refractivity contribution is 0.602. The third-order valence-electron chi connectivity index (χ3n) is 18.4. The second-order valence-corrected chi connectivity index (χ2v) is 23.9. The fourth-order valence-corrected chi connectivity index (χ4v) is 14.1. The standard InChI is InChI=1S/C84H52N6O4/c1-3-16-51(17-4-1)60-37-38-61(64-23-8-7-22-63(60)64)53-30-32-56(33-31-53)89(57-35-39-73-69(48-57)80-74(93-73)28-14-44-85-80)59-49-68(84-70(50-59)81-75(94-84)29-15-45-86-81)55-21-13-20-54(46-55)62-36-34-58(47-67(62)52-18-5-2-6-19-52)90(78-42-40-76-82(87-78)65-24-9-11-26-71(65)91-76)79-43-41-77-83(88-79)66-25-10-12-27-72(66)92-77/h1-50,78,87H. The van der Waals surface area contributed by atoms with E-state index in [0.29, 0.717) is 5.58 Å². The van der Waals surface area contributed by atoms with E-state index in [1.54, 1.807) is 0 Å². The molecule has 0 spiro atoms. The number of fused-ring (bicyclic) bond motifs is 13. The molecule has 11 aromatic carbocycles. The predicted molar refractivity (Wildman–Crippen MR) is 382 cm³/mol. The van der Waals surface area contributed by atoms with Crippen LogP contribution < -0.4 is 15.1 Å². The number of anilines is 6. The first-order chi connectivity index (χ1) is 46.6. The molecule has 0 aliphatic carbocycles.